The van der Waals surface area contributed by atoms with Crippen LogP contribution in [-0.4, -0.2) is 72.2 Å². The molecule has 1 aromatic carbocycles. The Balaban J connectivity index is 1.64. The second-order valence-electron chi connectivity index (χ2n) is 6.65. The quantitative estimate of drug-likeness (QED) is 0.832. The standard InChI is InChI=1S/C18H22FN3O5/c19-15-10-13(3-4-14(15)16(23)21-6-8-27-9-7-21)20-18(26)22-5-1-2-12(11-22)17(24)25/h3-4,10,12H,1-2,5-9,11H2,(H,20,26)(H,24,25). The van der Waals surface area contributed by atoms with Gasteiger partial charge in [-0.1, -0.05) is 0 Å². The van der Waals surface area contributed by atoms with Gasteiger partial charge >= 0.3 is 12.0 Å². The Morgan fingerprint density at radius 2 is 1.89 bits per heavy atom. The van der Waals surface area contributed by atoms with Crippen molar-refractivity contribution >= 4 is 23.6 Å². The summed E-state index contributed by atoms with van der Waals surface area (Å²) < 4.78 is 19.6. The van der Waals surface area contributed by atoms with Crippen molar-refractivity contribution < 1.29 is 28.6 Å². The average Bonchev–Trinajstić information content (AvgIpc) is 2.68. The van der Waals surface area contributed by atoms with E-state index >= 15 is 0 Å². The summed E-state index contributed by atoms with van der Waals surface area (Å²) in [5.74, 6) is -2.64. The van der Waals surface area contributed by atoms with Crippen molar-refractivity contribution in [3.8, 4) is 0 Å². The molecule has 0 radical (unpaired) electrons. The van der Waals surface area contributed by atoms with E-state index in [1.807, 2.05) is 0 Å². The first kappa shape index (κ1) is 19.1. The maximum absolute atomic E-state index is 14.4. The number of rotatable bonds is 3. The van der Waals surface area contributed by atoms with Crippen molar-refractivity contribution in [2.24, 2.45) is 5.92 Å². The lowest BCUT2D eigenvalue weighted by Crippen LogP contribution is -2.44. The molecule has 0 spiro atoms. The topological polar surface area (TPSA) is 99.2 Å². The first-order valence-electron chi connectivity index (χ1n) is 8.91. The van der Waals surface area contributed by atoms with E-state index in [-0.39, 0.29) is 17.8 Å². The molecular weight excluding hydrogens is 357 g/mol. The number of carbonyl (C=O) groups excluding carboxylic acids is 2. The summed E-state index contributed by atoms with van der Waals surface area (Å²) >= 11 is 0. The molecule has 3 amide bonds. The predicted molar refractivity (Wildman–Crippen MR) is 94.1 cm³/mol. The number of likely N-dealkylation sites (tertiary alicyclic amines) is 1. The molecule has 2 aliphatic rings. The number of carboxylic acids is 1. The number of morpholine rings is 1. The zero-order chi connectivity index (χ0) is 19.4. The van der Waals surface area contributed by atoms with Gasteiger partial charge in [0.05, 0.1) is 24.7 Å². The van der Waals surface area contributed by atoms with E-state index in [9.17, 15) is 18.8 Å². The third-order valence-electron chi connectivity index (χ3n) is 4.81. The molecule has 2 N–H and O–H groups in total. The monoisotopic (exact) mass is 379 g/mol. The van der Waals surface area contributed by atoms with E-state index in [2.05, 4.69) is 5.32 Å². The molecule has 2 aliphatic heterocycles. The van der Waals surface area contributed by atoms with Crippen LogP contribution in [0.2, 0.25) is 0 Å². The highest BCUT2D eigenvalue weighted by Crippen LogP contribution is 2.20. The zero-order valence-electron chi connectivity index (χ0n) is 14.8. The third-order valence-corrected chi connectivity index (χ3v) is 4.81. The number of carboxylic acid groups (broad SMARTS) is 1. The molecule has 8 nitrogen and oxygen atoms in total. The lowest BCUT2D eigenvalue weighted by Gasteiger charge is -2.30. The summed E-state index contributed by atoms with van der Waals surface area (Å²) in [7, 11) is 0. The Kier molecular flexibility index (Phi) is 5.90. The summed E-state index contributed by atoms with van der Waals surface area (Å²) in [6, 6.07) is 3.43. The molecule has 1 unspecified atom stereocenters. The van der Waals surface area contributed by atoms with Crippen LogP contribution in [-0.2, 0) is 9.53 Å². The molecule has 0 aliphatic carbocycles. The molecule has 1 atom stereocenters. The van der Waals surface area contributed by atoms with Gasteiger partial charge in [0.25, 0.3) is 5.91 Å². The largest absolute Gasteiger partial charge is 0.481 e. The number of anilines is 1. The SMILES string of the molecule is O=C(O)C1CCCN(C(=O)Nc2ccc(C(=O)N3CCOCC3)c(F)c2)C1. The summed E-state index contributed by atoms with van der Waals surface area (Å²) in [5.41, 5.74) is 0.160. The van der Waals surface area contributed by atoms with Gasteiger partial charge in [0.15, 0.2) is 0 Å². The van der Waals surface area contributed by atoms with Gasteiger partial charge < -0.3 is 25.0 Å². The number of benzene rings is 1. The minimum absolute atomic E-state index is 0.0567. The highest BCUT2D eigenvalue weighted by molar-refractivity contribution is 5.96. The third kappa shape index (κ3) is 4.54. The first-order chi connectivity index (χ1) is 13.0. The Morgan fingerprint density at radius 3 is 2.56 bits per heavy atom. The van der Waals surface area contributed by atoms with Gasteiger partial charge in [-0.3, -0.25) is 9.59 Å². The van der Waals surface area contributed by atoms with E-state index in [0.29, 0.717) is 45.7 Å². The van der Waals surface area contributed by atoms with Gasteiger partial charge in [-0.05, 0) is 31.0 Å². The molecule has 0 saturated carbocycles. The molecule has 9 heteroatoms. The van der Waals surface area contributed by atoms with Crippen LogP contribution in [0.15, 0.2) is 18.2 Å². The van der Waals surface area contributed by atoms with Gasteiger partial charge in [-0.2, -0.15) is 0 Å². The molecule has 3 rings (SSSR count). The van der Waals surface area contributed by atoms with E-state index in [4.69, 9.17) is 9.84 Å². The molecule has 0 bridgehead atoms. The molecule has 2 saturated heterocycles. The first-order valence-corrected chi connectivity index (χ1v) is 8.91. The number of urea groups is 1. The number of nitrogens with one attached hydrogen (secondary N) is 1. The summed E-state index contributed by atoms with van der Waals surface area (Å²) in [6.45, 7) is 2.25. The lowest BCUT2D eigenvalue weighted by molar-refractivity contribution is -0.143. The van der Waals surface area contributed by atoms with Gasteiger partial charge in [-0.25, -0.2) is 9.18 Å². The van der Waals surface area contributed by atoms with Crippen LogP contribution in [0.25, 0.3) is 0 Å². The van der Waals surface area contributed by atoms with Crippen molar-refractivity contribution in [3.05, 3.63) is 29.6 Å². The number of hydrogen-bond donors (Lipinski definition) is 2. The molecule has 2 heterocycles. The Labute approximate surface area is 155 Å². The Hall–Kier alpha value is -2.68. The van der Waals surface area contributed by atoms with Crippen LogP contribution in [0, 0.1) is 11.7 Å². The smallest absolute Gasteiger partial charge is 0.321 e. The van der Waals surface area contributed by atoms with Crippen molar-refractivity contribution in [1.29, 1.82) is 0 Å². The normalized spacial score (nSPS) is 20.3. The molecular formula is C18H22FN3O5. The molecule has 0 aromatic heterocycles. The molecule has 27 heavy (non-hydrogen) atoms. The number of nitrogens with zero attached hydrogens (tertiary/aromatic N) is 2. The number of piperidine rings is 1. The van der Waals surface area contributed by atoms with Crippen LogP contribution < -0.4 is 5.32 Å². The van der Waals surface area contributed by atoms with Crippen molar-refractivity contribution in [2.75, 3.05) is 44.7 Å². The molecule has 1 aromatic rings. The fourth-order valence-electron chi connectivity index (χ4n) is 3.27. The van der Waals surface area contributed by atoms with Crippen LogP contribution in [0.4, 0.5) is 14.9 Å². The fourth-order valence-corrected chi connectivity index (χ4v) is 3.27. The maximum atomic E-state index is 14.4. The molecule has 2 fully saturated rings. The summed E-state index contributed by atoms with van der Waals surface area (Å²) in [6.07, 6.45) is 1.14. The Bertz CT molecular complexity index is 736. The fraction of sp³-hybridized carbons (Fsp3) is 0.500. The van der Waals surface area contributed by atoms with E-state index < -0.39 is 29.6 Å². The van der Waals surface area contributed by atoms with Crippen LogP contribution >= 0.6 is 0 Å². The van der Waals surface area contributed by atoms with Gasteiger partial charge in [0.1, 0.15) is 5.82 Å². The van der Waals surface area contributed by atoms with Gasteiger partial charge in [0, 0.05) is 31.9 Å². The summed E-state index contributed by atoms with van der Waals surface area (Å²) in [4.78, 5) is 38.7. The lowest BCUT2D eigenvalue weighted by atomic mass is 9.99. The number of aliphatic carboxylic acids is 1. The van der Waals surface area contributed by atoms with Gasteiger partial charge in [0.2, 0.25) is 0 Å². The maximum Gasteiger partial charge on any atom is 0.321 e. The van der Waals surface area contributed by atoms with E-state index in [0.717, 1.165) is 6.07 Å². The number of ether oxygens (including phenoxy) is 1. The van der Waals surface area contributed by atoms with Crippen LogP contribution in [0.5, 0.6) is 0 Å². The van der Waals surface area contributed by atoms with Crippen LogP contribution in [0.3, 0.4) is 0 Å². The summed E-state index contributed by atoms with van der Waals surface area (Å²) in [5, 5.41) is 11.7. The van der Waals surface area contributed by atoms with E-state index in [1.165, 1.54) is 21.9 Å². The number of amides is 3. The highest BCUT2D eigenvalue weighted by Gasteiger charge is 2.28. The molecule has 146 valence electrons. The average molecular weight is 379 g/mol. The zero-order valence-corrected chi connectivity index (χ0v) is 14.8. The minimum atomic E-state index is -0.926. The Morgan fingerprint density at radius 1 is 1.15 bits per heavy atom. The number of hydrogen-bond acceptors (Lipinski definition) is 4. The van der Waals surface area contributed by atoms with Crippen molar-refractivity contribution in [2.45, 2.75) is 12.8 Å². The minimum Gasteiger partial charge on any atom is -0.481 e. The second kappa shape index (κ2) is 8.34. The van der Waals surface area contributed by atoms with Crippen molar-refractivity contribution in [1.82, 2.24) is 9.80 Å². The van der Waals surface area contributed by atoms with Crippen molar-refractivity contribution in [3.63, 3.8) is 0 Å². The highest BCUT2D eigenvalue weighted by atomic mass is 19.1. The second-order valence-corrected chi connectivity index (χ2v) is 6.65. The van der Waals surface area contributed by atoms with Gasteiger partial charge in [-0.15, -0.1) is 0 Å². The number of carbonyl (C=O) groups is 3. The predicted octanol–water partition coefficient (Wildman–Crippen LogP) is 1.63. The van der Waals surface area contributed by atoms with E-state index in [1.54, 1.807) is 0 Å². The number of halogens is 1. The van der Waals surface area contributed by atoms with Crippen LogP contribution in [0.1, 0.15) is 23.2 Å².